The molecule has 0 aliphatic heterocycles. The maximum atomic E-state index is 11.9. The highest BCUT2D eigenvalue weighted by Crippen LogP contribution is 2.14. The number of methoxy groups -OCH3 is 1. The molecule has 0 fully saturated rings. The lowest BCUT2D eigenvalue weighted by Gasteiger charge is -2.15. The van der Waals surface area contributed by atoms with Gasteiger partial charge in [0.2, 0.25) is 0 Å². The Morgan fingerprint density at radius 1 is 1.32 bits per heavy atom. The van der Waals surface area contributed by atoms with Crippen LogP contribution in [0.4, 0.5) is 0 Å². The smallest absolute Gasteiger partial charge is 0.333 e. The molecule has 7 heteroatoms. The van der Waals surface area contributed by atoms with Gasteiger partial charge in [-0.15, -0.1) is 0 Å². The number of nitrogens with zero attached hydrogens (tertiary/aromatic N) is 2. The van der Waals surface area contributed by atoms with Crippen LogP contribution in [0.25, 0.3) is 0 Å². The predicted molar refractivity (Wildman–Crippen MR) is 65.0 cm³/mol. The normalized spacial score (nSPS) is 11.6. The predicted octanol–water partition coefficient (Wildman–Crippen LogP) is 0.449. The molecule has 2 rings (SSSR count). The molecule has 0 saturated heterocycles. The molecule has 0 bridgehead atoms. The van der Waals surface area contributed by atoms with Gasteiger partial charge in [0.1, 0.15) is 0 Å². The second kappa shape index (κ2) is 5.76. The van der Waals surface area contributed by atoms with Gasteiger partial charge in [0.25, 0.3) is 5.91 Å². The molecule has 0 aliphatic rings. The Kier molecular flexibility index (Phi) is 3.87. The van der Waals surface area contributed by atoms with Gasteiger partial charge in [-0.3, -0.25) is 4.79 Å². The van der Waals surface area contributed by atoms with E-state index in [0.29, 0.717) is 5.56 Å². The number of H-pyrrole nitrogens is 1. The topological polar surface area (TPSA) is 97.0 Å². The zero-order chi connectivity index (χ0) is 13.7. The van der Waals surface area contributed by atoms with Crippen molar-refractivity contribution in [1.82, 2.24) is 20.7 Å². The number of carbonyl (C=O) groups is 2. The minimum atomic E-state index is -0.879. The molecule has 0 aliphatic carbocycles. The Labute approximate surface area is 109 Å². The third-order valence-corrected chi connectivity index (χ3v) is 2.49. The van der Waals surface area contributed by atoms with E-state index in [1.807, 2.05) is 6.07 Å². The molecule has 2 aromatic rings. The summed E-state index contributed by atoms with van der Waals surface area (Å²) in [6, 6.07) is 7.93. The first kappa shape index (κ1) is 12.7. The summed E-state index contributed by atoms with van der Waals surface area (Å²) in [5, 5.41) is 12.1. The van der Waals surface area contributed by atoms with Crippen LogP contribution in [0.2, 0.25) is 0 Å². The van der Waals surface area contributed by atoms with Gasteiger partial charge in [-0.05, 0) is 5.56 Å². The van der Waals surface area contributed by atoms with E-state index in [2.05, 4.69) is 25.5 Å². The molecule has 0 saturated carbocycles. The summed E-state index contributed by atoms with van der Waals surface area (Å²) in [6.07, 6.45) is 1.27. The van der Waals surface area contributed by atoms with Crippen LogP contribution in [0, 0.1) is 0 Å². The summed E-state index contributed by atoms with van der Waals surface area (Å²) in [7, 11) is 1.26. The van der Waals surface area contributed by atoms with Gasteiger partial charge in [-0.1, -0.05) is 30.3 Å². The van der Waals surface area contributed by atoms with Crippen molar-refractivity contribution >= 4 is 11.9 Å². The number of carbonyl (C=O) groups excluding carboxylic acids is 2. The van der Waals surface area contributed by atoms with Gasteiger partial charge in [0.15, 0.2) is 11.7 Å². The van der Waals surface area contributed by atoms with Gasteiger partial charge in [-0.2, -0.15) is 15.4 Å². The van der Waals surface area contributed by atoms with E-state index < -0.39 is 17.9 Å². The first-order chi connectivity index (χ1) is 9.22. The number of rotatable bonds is 4. The molecule has 1 atom stereocenters. The van der Waals surface area contributed by atoms with E-state index in [9.17, 15) is 9.59 Å². The van der Waals surface area contributed by atoms with Crippen molar-refractivity contribution in [3.8, 4) is 0 Å². The maximum absolute atomic E-state index is 11.9. The molecule has 1 heterocycles. The fourth-order valence-electron chi connectivity index (χ4n) is 1.56. The van der Waals surface area contributed by atoms with Crippen LogP contribution >= 0.6 is 0 Å². The van der Waals surface area contributed by atoms with Crippen molar-refractivity contribution in [1.29, 1.82) is 0 Å². The zero-order valence-corrected chi connectivity index (χ0v) is 10.2. The first-order valence-electron chi connectivity index (χ1n) is 5.52. The van der Waals surface area contributed by atoms with E-state index >= 15 is 0 Å². The summed E-state index contributed by atoms with van der Waals surface area (Å²) >= 11 is 0. The SMILES string of the molecule is COC(=O)C(NC(=O)c1cn[nH]n1)c1ccccc1. The lowest BCUT2D eigenvalue weighted by atomic mass is 10.1. The third kappa shape index (κ3) is 2.95. The number of amides is 1. The number of nitrogens with one attached hydrogen (secondary N) is 2. The van der Waals surface area contributed by atoms with E-state index in [1.165, 1.54) is 13.3 Å². The second-order valence-corrected chi connectivity index (χ2v) is 3.70. The quantitative estimate of drug-likeness (QED) is 0.778. The number of benzene rings is 1. The number of hydrogen-bond donors (Lipinski definition) is 2. The molecule has 0 spiro atoms. The van der Waals surface area contributed by atoms with Crippen molar-refractivity contribution < 1.29 is 14.3 Å². The highest BCUT2D eigenvalue weighted by Gasteiger charge is 2.24. The first-order valence-corrected chi connectivity index (χ1v) is 5.52. The number of ether oxygens (including phenoxy) is 1. The Hall–Kier alpha value is -2.70. The van der Waals surface area contributed by atoms with Gasteiger partial charge < -0.3 is 10.1 Å². The lowest BCUT2D eigenvalue weighted by molar-refractivity contribution is -0.143. The van der Waals surface area contributed by atoms with E-state index in [4.69, 9.17) is 0 Å². The van der Waals surface area contributed by atoms with E-state index in [0.717, 1.165) is 0 Å². The highest BCUT2D eigenvalue weighted by atomic mass is 16.5. The van der Waals surface area contributed by atoms with Crippen molar-refractivity contribution in [3.05, 3.63) is 47.8 Å². The fraction of sp³-hybridized carbons (Fsp3) is 0.167. The standard InChI is InChI=1S/C12H12N4O3/c1-19-12(18)10(8-5-3-2-4-6-8)14-11(17)9-7-13-16-15-9/h2-7,10H,1H3,(H,14,17)(H,13,15,16). The molecule has 2 N–H and O–H groups in total. The van der Waals surface area contributed by atoms with Crippen LogP contribution in [-0.4, -0.2) is 34.4 Å². The Balaban J connectivity index is 2.20. The van der Waals surface area contributed by atoms with Crippen LogP contribution < -0.4 is 5.32 Å². The highest BCUT2D eigenvalue weighted by molar-refractivity contribution is 5.95. The molecule has 0 radical (unpaired) electrons. The van der Waals surface area contributed by atoms with Crippen molar-refractivity contribution in [2.75, 3.05) is 7.11 Å². The van der Waals surface area contributed by atoms with Crippen molar-refractivity contribution in [2.45, 2.75) is 6.04 Å². The fourth-order valence-corrected chi connectivity index (χ4v) is 1.56. The van der Waals surface area contributed by atoms with Gasteiger partial charge >= 0.3 is 5.97 Å². The summed E-state index contributed by atoms with van der Waals surface area (Å²) in [5.74, 6) is -1.06. The molecule has 98 valence electrons. The molecule has 1 amide bonds. The van der Waals surface area contributed by atoms with Crippen LogP contribution in [0.1, 0.15) is 22.1 Å². The molecule has 1 aromatic carbocycles. The Morgan fingerprint density at radius 2 is 2.05 bits per heavy atom. The lowest BCUT2D eigenvalue weighted by Crippen LogP contribution is -2.34. The average Bonchev–Trinajstić information content (AvgIpc) is 2.99. The summed E-state index contributed by atoms with van der Waals surface area (Å²) in [5.41, 5.74) is 0.732. The number of hydrogen-bond acceptors (Lipinski definition) is 5. The average molecular weight is 260 g/mol. The minimum absolute atomic E-state index is 0.102. The van der Waals surface area contributed by atoms with E-state index in [-0.39, 0.29) is 5.69 Å². The van der Waals surface area contributed by atoms with Gasteiger partial charge in [0.05, 0.1) is 13.3 Å². The van der Waals surface area contributed by atoms with Crippen molar-refractivity contribution in [3.63, 3.8) is 0 Å². The zero-order valence-electron chi connectivity index (χ0n) is 10.2. The Bertz CT molecular complexity index is 554. The van der Waals surface area contributed by atoms with Crippen LogP contribution in [0.3, 0.4) is 0 Å². The molecule has 19 heavy (non-hydrogen) atoms. The minimum Gasteiger partial charge on any atom is -0.467 e. The molecular formula is C12H12N4O3. The molecule has 1 unspecified atom stereocenters. The van der Waals surface area contributed by atoms with Gasteiger partial charge in [-0.25, -0.2) is 4.79 Å². The second-order valence-electron chi connectivity index (χ2n) is 3.70. The number of aromatic amines is 1. The molecule has 1 aromatic heterocycles. The van der Waals surface area contributed by atoms with Crippen LogP contribution in [0.15, 0.2) is 36.5 Å². The summed E-state index contributed by atoms with van der Waals surface area (Å²) in [6.45, 7) is 0. The van der Waals surface area contributed by atoms with Crippen molar-refractivity contribution in [2.24, 2.45) is 0 Å². The number of aromatic nitrogens is 3. The third-order valence-electron chi connectivity index (χ3n) is 2.49. The Morgan fingerprint density at radius 3 is 2.63 bits per heavy atom. The molecule has 7 nitrogen and oxygen atoms in total. The van der Waals surface area contributed by atoms with Gasteiger partial charge in [0, 0.05) is 0 Å². The summed E-state index contributed by atoms with van der Waals surface area (Å²) in [4.78, 5) is 23.6. The largest absolute Gasteiger partial charge is 0.467 e. The molecular weight excluding hydrogens is 248 g/mol. The monoisotopic (exact) mass is 260 g/mol. The number of esters is 1. The summed E-state index contributed by atoms with van der Waals surface area (Å²) < 4.78 is 4.69. The maximum Gasteiger partial charge on any atom is 0.333 e. The van der Waals surface area contributed by atoms with Crippen LogP contribution in [-0.2, 0) is 9.53 Å². The van der Waals surface area contributed by atoms with E-state index in [1.54, 1.807) is 24.3 Å². The van der Waals surface area contributed by atoms with Crippen LogP contribution in [0.5, 0.6) is 0 Å².